The van der Waals surface area contributed by atoms with Crippen molar-refractivity contribution in [2.45, 2.75) is 13.8 Å². The highest BCUT2D eigenvalue weighted by atomic mass is 35.5. The zero-order chi connectivity index (χ0) is 15.7. The smallest absolute Gasteiger partial charge is 0.258 e. The Bertz CT molecular complexity index is 752. The van der Waals surface area contributed by atoms with Crippen LogP contribution in [-0.4, -0.2) is 23.9 Å². The average molecular weight is 310 g/mol. The van der Waals surface area contributed by atoms with E-state index in [9.17, 15) is 9.90 Å². The van der Waals surface area contributed by atoms with E-state index in [4.69, 9.17) is 21.1 Å². The highest BCUT2D eigenvalue weighted by Gasteiger charge is 2.17. The molecule has 2 aromatic rings. The summed E-state index contributed by atoms with van der Waals surface area (Å²) in [5.41, 5.74) is 1.34. The minimum Gasteiger partial charge on any atom is -0.495 e. The zero-order valence-corrected chi connectivity index (χ0v) is 13.0. The van der Waals surface area contributed by atoms with Gasteiger partial charge in [0.2, 0.25) is 5.88 Å². The van der Waals surface area contributed by atoms with Crippen molar-refractivity contribution in [3.8, 4) is 23.1 Å². The number of nitrogens with zero attached hydrogens (tertiary/aromatic N) is 1. The molecular formula is C15H16ClNO4. The van der Waals surface area contributed by atoms with E-state index in [1.165, 1.54) is 30.9 Å². The fourth-order valence-corrected chi connectivity index (χ4v) is 2.29. The summed E-state index contributed by atoms with van der Waals surface area (Å²) in [6, 6.07) is 4.55. The van der Waals surface area contributed by atoms with Crippen LogP contribution in [0.15, 0.2) is 23.0 Å². The van der Waals surface area contributed by atoms with Crippen LogP contribution in [0.4, 0.5) is 0 Å². The van der Waals surface area contributed by atoms with Gasteiger partial charge in [0.15, 0.2) is 0 Å². The third-order valence-corrected chi connectivity index (χ3v) is 3.69. The molecule has 1 N–H and O–H groups in total. The summed E-state index contributed by atoms with van der Waals surface area (Å²) < 4.78 is 11.6. The van der Waals surface area contributed by atoms with Crippen molar-refractivity contribution in [1.29, 1.82) is 0 Å². The Hall–Kier alpha value is -2.14. The molecule has 6 heteroatoms. The summed E-state index contributed by atoms with van der Waals surface area (Å²) in [5, 5.41) is 10.7. The van der Waals surface area contributed by atoms with Crippen LogP contribution in [0.2, 0.25) is 5.02 Å². The Morgan fingerprint density at radius 3 is 2.29 bits per heavy atom. The van der Waals surface area contributed by atoms with Gasteiger partial charge in [-0.05, 0) is 19.4 Å². The van der Waals surface area contributed by atoms with Crippen LogP contribution < -0.4 is 15.0 Å². The van der Waals surface area contributed by atoms with Crippen LogP contribution in [0.5, 0.6) is 17.4 Å². The lowest BCUT2D eigenvalue weighted by molar-refractivity contribution is 0.394. The number of hydrogen-bond acceptors (Lipinski definition) is 4. The topological polar surface area (TPSA) is 60.7 Å². The van der Waals surface area contributed by atoms with Gasteiger partial charge in [-0.2, -0.15) is 0 Å². The van der Waals surface area contributed by atoms with Crippen molar-refractivity contribution < 1.29 is 14.6 Å². The van der Waals surface area contributed by atoms with Crippen LogP contribution in [0.25, 0.3) is 5.69 Å². The van der Waals surface area contributed by atoms with Gasteiger partial charge in [-0.1, -0.05) is 11.6 Å². The number of aromatic nitrogens is 1. The predicted molar refractivity (Wildman–Crippen MR) is 81.3 cm³/mol. The van der Waals surface area contributed by atoms with Crippen LogP contribution in [0.1, 0.15) is 11.1 Å². The maximum Gasteiger partial charge on any atom is 0.258 e. The van der Waals surface area contributed by atoms with Crippen molar-refractivity contribution in [2.24, 2.45) is 0 Å². The fourth-order valence-electron chi connectivity index (χ4n) is 2.06. The number of pyridine rings is 1. The van der Waals surface area contributed by atoms with Gasteiger partial charge in [-0.25, -0.2) is 4.57 Å². The number of halogens is 1. The van der Waals surface area contributed by atoms with E-state index in [0.717, 1.165) is 0 Å². The Balaban J connectivity index is 2.84. The summed E-state index contributed by atoms with van der Waals surface area (Å²) in [5.74, 6) is 0.612. The molecule has 0 spiro atoms. The van der Waals surface area contributed by atoms with E-state index < -0.39 is 0 Å². The van der Waals surface area contributed by atoms with E-state index in [1.807, 2.05) is 0 Å². The quantitative estimate of drug-likeness (QED) is 0.947. The molecule has 0 aliphatic heterocycles. The molecule has 0 amide bonds. The molecule has 0 aliphatic carbocycles. The van der Waals surface area contributed by atoms with Crippen LogP contribution in [0, 0.1) is 13.8 Å². The highest BCUT2D eigenvalue weighted by Crippen LogP contribution is 2.36. The van der Waals surface area contributed by atoms with Crippen molar-refractivity contribution in [2.75, 3.05) is 14.2 Å². The number of rotatable bonds is 3. The second-order valence-electron chi connectivity index (χ2n) is 4.61. The van der Waals surface area contributed by atoms with Crippen molar-refractivity contribution in [1.82, 2.24) is 4.57 Å². The molecule has 0 fully saturated rings. The molecule has 2 rings (SSSR count). The van der Waals surface area contributed by atoms with E-state index >= 15 is 0 Å². The number of aryl methyl sites for hydroxylation is 1. The number of benzene rings is 1. The van der Waals surface area contributed by atoms with Crippen LogP contribution >= 0.6 is 11.6 Å². The van der Waals surface area contributed by atoms with Gasteiger partial charge in [0, 0.05) is 23.8 Å². The maximum absolute atomic E-state index is 12.2. The zero-order valence-electron chi connectivity index (χ0n) is 12.2. The number of ether oxygens (including phenoxy) is 2. The molecule has 0 unspecified atom stereocenters. The van der Waals surface area contributed by atoms with Gasteiger partial charge < -0.3 is 14.6 Å². The lowest BCUT2D eigenvalue weighted by atomic mass is 10.1. The molecule has 0 bridgehead atoms. The first kappa shape index (κ1) is 15.3. The third-order valence-electron chi connectivity index (χ3n) is 3.39. The minimum atomic E-state index is -0.363. The number of aromatic hydroxyl groups is 1. The Kier molecular flexibility index (Phi) is 4.14. The monoisotopic (exact) mass is 309 g/mol. The summed E-state index contributed by atoms with van der Waals surface area (Å²) in [6.45, 7) is 3.50. The molecule has 1 aromatic heterocycles. The molecular weight excluding hydrogens is 294 g/mol. The molecule has 0 aliphatic rings. The third kappa shape index (κ3) is 2.56. The number of methoxy groups -OCH3 is 2. The summed E-state index contributed by atoms with van der Waals surface area (Å²) >= 11 is 6.05. The highest BCUT2D eigenvalue weighted by molar-refractivity contribution is 6.32. The van der Waals surface area contributed by atoms with Crippen LogP contribution in [0.3, 0.4) is 0 Å². The van der Waals surface area contributed by atoms with Gasteiger partial charge in [0.05, 0.1) is 24.9 Å². The summed E-state index contributed by atoms with van der Waals surface area (Å²) in [7, 11) is 2.94. The Labute approximate surface area is 127 Å². The van der Waals surface area contributed by atoms with E-state index in [2.05, 4.69) is 0 Å². The second kappa shape index (κ2) is 5.69. The van der Waals surface area contributed by atoms with Crippen LogP contribution in [-0.2, 0) is 0 Å². The van der Waals surface area contributed by atoms with Gasteiger partial charge in [-0.15, -0.1) is 0 Å². The lowest BCUT2D eigenvalue weighted by Crippen LogP contribution is -2.19. The maximum atomic E-state index is 12.2. The predicted octanol–water partition coefficient (Wildman–Crippen LogP) is 2.83. The first-order chi connectivity index (χ1) is 9.90. The molecule has 112 valence electrons. The largest absolute Gasteiger partial charge is 0.495 e. The SMILES string of the molecule is COc1cc(-n2c(O)c(C)c(C)cc2=O)c(OC)cc1Cl. The standard InChI is InChI=1S/C15H16ClNO4/c1-8-5-14(18)17(15(19)9(8)2)11-7-12(20-3)10(16)6-13(11)21-4/h5-7,19H,1-4H3. The molecule has 0 saturated carbocycles. The van der Waals surface area contributed by atoms with E-state index in [0.29, 0.717) is 33.3 Å². The molecule has 1 aromatic carbocycles. The minimum absolute atomic E-state index is 0.136. The van der Waals surface area contributed by atoms with Gasteiger partial charge in [0.1, 0.15) is 11.5 Å². The first-order valence-corrected chi connectivity index (χ1v) is 6.62. The van der Waals surface area contributed by atoms with Gasteiger partial charge in [0.25, 0.3) is 5.56 Å². The molecule has 1 heterocycles. The summed E-state index contributed by atoms with van der Waals surface area (Å²) in [6.07, 6.45) is 0. The molecule has 0 atom stereocenters. The van der Waals surface area contributed by atoms with Gasteiger partial charge >= 0.3 is 0 Å². The molecule has 0 radical (unpaired) electrons. The van der Waals surface area contributed by atoms with Crippen molar-refractivity contribution in [3.63, 3.8) is 0 Å². The molecule has 5 nitrogen and oxygen atoms in total. The molecule has 21 heavy (non-hydrogen) atoms. The van der Waals surface area contributed by atoms with E-state index in [1.54, 1.807) is 19.9 Å². The van der Waals surface area contributed by atoms with E-state index in [-0.39, 0.29) is 11.4 Å². The Morgan fingerprint density at radius 2 is 1.71 bits per heavy atom. The van der Waals surface area contributed by atoms with Crippen molar-refractivity contribution in [3.05, 3.63) is 44.7 Å². The number of hydrogen-bond donors (Lipinski definition) is 1. The lowest BCUT2D eigenvalue weighted by Gasteiger charge is -2.16. The first-order valence-electron chi connectivity index (χ1n) is 6.24. The normalized spacial score (nSPS) is 10.5. The average Bonchev–Trinajstić information content (AvgIpc) is 2.45. The van der Waals surface area contributed by atoms with Crippen molar-refractivity contribution >= 4 is 11.6 Å². The summed E-state index contributed by atoms with van der Waals surface area (Å²) in [4.78, 5) is 12.2. The Morgan fingerprint density at radius 1 is 1.10 bits per heavy atom. The molecule has 0 saturated heterocycles. The van der Waals surface area contributed by atoms with Gasteiger partial charge in [-0.3, -0.25) is 4.79 Å². The second-order valence-corrected chi connectivity index (χ2v) is 5.02. The fraction of sp³-hybridized carbons (Fsp3) is 0.267.